The van der Waals surface area contributed by atoms with Gasteiger partial charge in [0.1, 0.15) is 17.5 Å². The fourth-order valence-corrected chi connectivity index (χ4v) is 2.37. The number of halogens is 4. The molecule has 0 heterocycles. The monoisotopic (exact) mass is 397 g/mol. The molecule has 1 amide bonds. The van der Waals surface area contributed by atoms with Gasteiger partial charge in [-0.25, -0.2) is 18.0 Å². The van der Waals surface area contributed by atoms with Crippen LogP contribution in [0.25, 0.3) is 6.08 Å². The summed E-state index contributed by atoms with van der Waals surface area (Å²) in [6.45, 7) is 0.925. The molecule has 0 radical (unpaired) electrons. The van der Waals surface area contributed by atoms with Crippen molar-refractivity contribution >= 4 is 29.6 Å². The summed E-state index contributed by atoms with van der Waals surface area (Å²) in [5.41, 5.74) is 0.576. The third-order valence-corrected chi connectivity index (χ3v) is 3.80. The molecule has 0 aliphatic rings. The second kappa shape index (κ2) is 9.23. The average Bonchev–Trinajstić information content (AvgIpc) is 2.60. The summed E-state index contributed by atoms with van der Waals surface area (Å²) in [4.78, 5) is 23.4. The van der Waals surface area contributed by atoms with Gasteiger partial charge in [0, 0.05) is 17.7 Å². The van der Waals surface area contributed by atoms with Crippen molar-refractivity contribution in [3.63, 3.8) is 0 Å². The van der Waals surface area contributed by atoms with E-state index >= 15 is 0 Å². The number of hydrogen-bond donors (Lipinski definition) is 1. The Morgan fingerprint density at radius 1 is 1.15 bits per heavy atom. The highest BCUT2D eigenvalue weighted by Crippen LogP contribution is 2.18. The standard InChI is InChI=1S/C19H15ClF3NO3/c1-11(14-5-4-13(21)9-17(14)23)24-18(25)10-27-19(26)7-3-12-2-6-16(22)15(20)8-12/h2-9,11H,10H2,1H3,(H,24,25)/b7-3+/t11-/m1/s1. The maximum atomic E-state index is 13.7. The van der Waals surface area contributed by atoms with Gasteiger partial charge in [-0.2, -0.15) is 0 Å². The van der Waals surface area contributed by atoms with Crippen molar-refractivity contribution in [2.45, 2.75) is 13.0 Å². The first-order valence-corrected chi connectivity index (χ1v) is 8.18. The Balaban J connectivity index is 1.84. The molecule has 1 N–H and O–H groups in total. The zero-order valence-electron chi connectivity index (χ0n) is 14.1. The number of esters is 1. The van der Waals surface area contributed by atoms with E-state index < -0.39 is 42.0 Å². The minimum atomic E-state index is -0.800. The minimum Gasteiger partial charge on any atom is -0.452 e. The second-order valence-electron chi connectivity index (χ2n) is 5.57. The highest BCUT2D eigenvalue weighted by molar-refractivity contribution is 6.30. The van der Waals surface area contributed by atoms with Crippen molar-refractivity contribution in [2.24, 2.45) is 0 Å². The molecule has 1 atom stereocenters. The minimum absolute atomic E-state index is 0.0908. The predicted molar refractivity (Wildman–Crippen MR) is 94.3 cm³/mol. The van der Waals surface area contributed by atoms with E-state index in [9.17, 15) is 22.8 Å². The highest BCUT2D eigenvalue weighted by Gasteiger charge is 2.15. The van der Waals surface area contributed by atoms with Crippen LogP contribution in [0.3, 0.4) is 0 Å². The molecule has 2 aromatic carbocycles. The van der Waals surface area contributed by atoms with Gasteiger partial charge in [0.05, 0.1) is 11.1 Å². The molecule has 0 aromatic heterocycles. The van der Waals surface area contributed by atoms with Crippen molar-refractivity contribution in [3.05, 3.63) is 76.1 Å². The van der Waals surface area contributed by atoms with Gasteiger partial charge in [-0.15, -0.1) is 0 Å². The maximum absolute atomic E-state index is 13.7. The molecule has 0 spiro atoms. The largest absolute Gasteiger partial charge is 0.452 e. The van der Waals surface area contributed by atoms with Gasteiger partial charge >= 0.3 is 5.97 Å². The van der Waals surface area contributed by atoms with Gasteiger partial charge in [0.2, 0.25) is 0 Å². The van der Waals surface area contributed by atoms with Gasteiger partial charge in [-0.1, -0.05) is 23.7 Å². The Kier molecular flexibility index (Phi) is 7.01. The molecular weight excluding hydrogens is 383 g/mol. The number of carbonyl (C=O) groups is 2. The summed E-state index contributed by atoms with van der Waals surface area (Å²) >= 11 is 5.63. The molecule has 0 bridgehead atoms. The Morgan fingerprint density at radius 2 is 1.89 bits per heavy atom. The van der Waals surface area contributed by atoms with Gasteiger partial charge in [-0.05, 0) is 36.8 Å². The van der Waals surface area contributed by atoms with E-state index in [1.165, 1.54) is 31.2 Å². The predicted octanol–water partition coefficient (Wildman–Crippen LogP) is 4.19. The van der Waals surface area contributed by atoms with Crippen molar-refractivity contribution in [2.75, 3.05) is 6.61 Å². The quantitative estimate of drug-likeness (QED) is 0.587. The Bertz CT molecular complexity index is 886. The molecule has 0 aliphatic heterocycles. The molecule has 0 saturated carbocycles. The molecule has 0 fully saturated rings. The second-order valence-corrected chi connectivity index (χ2v) is 5.98. The fraction of sp³-hybridized carbons (Fsp3) is 0.158. The first-order valence-electron chi connectivity index (χ1n) is 7.80. The van der Waals surface area contributed by atoms with E-state index in [2.05, 4.69) is 5.32 Å². The van der Waals surface area contributed by atoms with Crippen molar-refractivity contribution < 1.29 is 27.5 Å². The van der Waals surface area contributed by atoms with E-state index in [1.807, 2.05) is 0 Å². The summed E-state index contributed by atoms with van der Waals surface area (Å²) in [6, 6.07) is 6.16. The third kappa shape index (κ3) is 6.14. The van der Waals surface area contributed by atoms with E-state index in [-0.39, 0.29) is 10.6 Å². The molecule has 8 heteroatoms. The summed E-state index contributed by atoms with van der Waals surface area (Å²) in [5, 5.41) is 2.35. The molecule has 142 valence electrons. The normalized spacial score (nSPS) is 12.0. The van der Waals surface area contributed by atoms with E-state index in [1.54, 1.807) is 0 Å². The van der Waals surface area contributed by atoms with Crippen LogP contribution in [0, 0.1) is 17.5 Å². The molecule has 0 unspecified atom stereocenters. The zero-order valence-corrected chi connectivity index (χ0v) is 14.9. The van der Waals surface area contributed by atoms with Crippen molar-refractivity contribution in [3.8, 4) is 0 Å². The fourth-order valence-electron chi connectivity index (χ4n) is 2.18. The van der Waals surface area contributed by atoms with Gasteiger partial charge < -0.3 is 10.1 Å². The van der Waals surface area contributed by atoms with Crippen LogP contribution in [-0.4, -0.2) is 18.5 Å². The Morgan fingerprint density at radius 3 is 2.56 bits per heavy atom. The first kappa shape index (κ1) is 20.5. The van der Waals surface area contributed by atoms with Crippen molar-refractivity contribution in [1.82, 2.24) is 5.32 Å². The highest BCUT2D eigenvalue weighted by atomic mass is 35.5. The number of ether oxygens (including phenoxy) is 1. The molecule has 2 aromatic rings. The van der Waals surface area contributed by atoms with Crippen LogP contribution in [0.4, 0.5) is 13.2 Å². The van der Waals surface area contributed by atoms with Crippen molar-refractivity contribution in [1.29, 1.82) is 0 Å². The Hall–Kier alpha value is -2.80. The lowest BCUT2D eigenvalue weighted by Crippen LogP contribution is -2.31. The van der Waals surface area contributed by atoms with E-state index in [4.69, 9.17) is 16.3 Å². The number of rotatable bonds is 6. The van der Waals surface area contributed by atoms with Crippen LogP contribution in [0.5, 0.6) is 0 Å². The van der Waals surface area contributed by atoms with E-state index in [0.717, 1.165) is 18.2 Å². The molecule has 0 aliphatic carbocycles. The average molecular weight is 398 g/mol. The van der Waals surface area contributed by atoms with Gasteiger partial charge in [0.15, 0.2) is 6.61 Å². The first-order chi connectivity index (χ1) is 12.8. The van der Waals surface area contributed by atoms with Crippen LogP contribution < -0.4 is 5.32 Å². The molecule has 4 nitrogen and oxygen atoms in total. The Labute approximate surface area is 158 Å². The summed E-state index contributed by atoms with van der Waals surface area (Å²) in [5.74, 6) is -3.55. The third-order valence-electron chi connectivity index (χ3n) is 3.51. The number of carbonyl (C=O) groups excluding carboxylic acids is 2. The summed E-state index contributed by atoms with van der Waals surface area (Å²) < 4.78 is 44.4. The summed E-state index contributed by atoms with van der Waals surface area (Å²) in [6.07, 6.45) is 2.40. The number of amides is 1. The number of nitrogens with one attached hydrogen (secondary N) is 1. The SMILES string of the molecule is C[C@@H](NC(=O)COC(=O)/C=C/c1ccc(F)c(Cl)c1)c1ccc(F)cc1F. The van der Waals surface area contributed by atoms with Crippen LogP contribution in [-0.2, 0) is 14.3 Å². The van der Waals surface area contributed by atoms with Gasteiger partial charge in [0.25, 0.3) is 5.91 Å². The van der Waals surface area contributed by atoms with Crippen LogP contribution in [0.15, 0.2) is 42.5 Å². The number of hydrogen-bond acceptors (Lipinski definition) is 3. The topological polar surface area (TPSA) is 55.4 Å². The lowest BCUT2D eigenvalue weighted by atomic mass is 10.1. The zero-order chi connectivity index (χ0) is 20.0. The summed E-state index contributed by atoms with van der Waals surface area (Å²) in [7, 11) is 0. The maximum Gasteiger partial charge on any atom is 0.331 e. The van der Waals surface area contributed by atoms with Crippen LogP contribution >= 0.6 is 11.6 Å². The molecule has 27 heavy (non-hydrogen) atoms. The molecule has 2 rings (SSSR count). The van der Waals surface area contributed by atoms with Crippen LogP contribution in [0.2, 0.25) is 5.02 Å². The smallest absolute Gasteiger partial charge is 0.331 e. The van der Waals surface area contributed by atoms with Crippen LogP contribution in [0.1, 0.15) is 24.1 Å². The number of benzene rings is 2. The lowest BCUT2D eigenvalue weighted by molar-refractivity contribution is -0.144. The van der Waals surface area contributed by atoms with E-state index in [0.29, 0.717) is 11.6 Å². The molecular formula is C19H15ClF3NO3. The lowest BCUT2D eigenvalue weighted by Gasteiger charge is -2.15. The molecule has 0 saturated heterocycles. The van der Waals surface area contributed by atoms with Gasteiger partial charge in [-0.3, -0.25) is 4.79 Å².